The van der Waals surface area contributed by atoms with E-state index in [2.05, 4.69) is 17.1 Å². The molecule has 0 amide bonds. The normalized spacial score (nSPS) is 20.1. The van der Waals surface area contributed by atoms with Gasteiger partial charge in [0.2, 0.25) is 6.08 Å². The molecule has 2 aliphatic rings. The quantitative estimate of drug-likeness (QED) is 0.621. The van der Waals surface area contributed by atoms with Gasteiger partial charge in [0.25, 0.3) is 0 Å². The first-order valence-corrected chi connectivity index (χ1v) is 7.59. The van der Waals surface area contributed by atoms with Gasteiger partial charge in [0.05, 0.1) is 7.11 Å². The van der Waals surface area contributed by atoms with E-state index in [1.54, 1.807) is 7.11 Å². The monoisotopic (exact) mass is 271 g/mol. The second-order valence-electron chi connectivity index (χ2n) is 5.93. The molecule has 0 aromatic heterocycles. The maximum Gasteiger partial charge on any atom is 0.235 e. The summed E-state index contributed by atoms with van der Waals surface area (Å²) in [4.78, 5) is 15.2. The van der Waals surface area contributed by atoms with Crippen molar-refractivity contribution in [2.24, 2.45) is 4.99 Å². The highest BCUT2D eigenvalue weighted by molar-refractivity contribution is 5.52. The van der Waals surface area contributed by atoms with Gasteiger partial charge in [-0.05, 0) is 55.7 Å². The Kier molecular flexibility index (Phi) is 3.62. The van der Waals surface area contributed by atoms with E-state index < -0.39 is 0 Å². The first-order chi connectivity index (χ1) is 9.80. The summed E-state index contributed by atoms with van der Waals surface area (Å²) in [5.41, 5.74) is 3.60. The minimum absolute atomic E-state index is 0.379. The molecule has 1 aromatic rings. The Bertz CT molecular complexity index is 552. The summed E-state index contributed by atoms with van der Waals surface area (Å²) in [6.07, 6.45) is 10.6. The highest BCUT2D eigenvalue weighted by Crippen LogP contribution is 2.48. The zero-order valence-electron chi connectivity index (χ0n) is 12.1. The van der Waals surface area contributed by atoms with Crippen LogP contribution in [0, 0.1) is 0 Å². The number of carbonyl (C=O) groups excluding carboxylic acids is 1. The number of aryl methyl sites for hydroxylation is 1. The molecule has 0 aliphatic heterocycles. The zero-order chi connectivity index (χ0) is 14.0. The maximum absolute atomic E-state index is 11.0. The Morgan fingerprint density at radius 1 is 1.15 bits per heavy atom. The van der Waals surface area contributed by atoms with Crippen molar-refractivity contribution >= 4 is 6.08 Å². The predicted octanol–water partition coefficient (Wildman–Crippen LogP) is 3.68. The van der Waals surface area contributed by atoms with E-state index in [4.69, 9.17) is 4.74 Å². The third-order valence-electron chi connectivity index (χ3n) is 4.87. The molecule has 2 aliphatic carbocycles. The van der Waals surface area contributed by atoms with Crippen molar-refractivity contribution in [1.29, 1.82) is 0 Å². The van der Waals surface area contributed by atoms with E-state index in [9.17, 15) is 4.79 Å². The molecule has 1 fully saturated rings. The number of benzene rings is 1. The summed E-state index contributed by atoms with van der Waals surface area (Å²) in [6, 6.07) is 4.24. The van der Waals surface area contributed by atoms with Crippen LogP contribution < -0.4 is 4.74 Å². The topological polar surface area (TPSA) is 38.7 Å². The average Bonchev–Trinajstić information content (AvgIpc) is 2.95. The van der Waals surface area contributed by atoms with Crippen LogP contribution in [0.15, 0.2) is 17.1 Å². The van der Waals surface area contributed by atoms with E-state index in [0.29, 0.717) is 0 Å². The van der Waals surface area contributed by atoms with Gasteiger partial charge in [0, 0.05) is 5.56 Å². The molecule has 0 spiro atoms. The molecule has 0 N–H and O–H groups in total. The minimum atomic E-state index is -0.379. The van der Waals surface area contributed by atoms with E-state index in [-0.39, 0.29) is 5.54 Å². The van der Waals surface area contributed by atoms with E-state index in [0.717, 1.165) is 44.3 Å². The predicted molar refractivity (Wildman–Crippen MR) is 77.9 cm³/mol. The van der Waals surface area contributed by atoms with Crippen molar-refractivity contribution in [1.82, 2.24) is 0 Å². The fourth-order valence-corrected chi connectivity index (χ4v) is 3.95. The molecule has 106 valence electrons. The number of methoxy groups -OCH3 is 1. The van der Waals surface area contributed by atoms with Gasteiger partial charge < -0.3 is 4.74 Å². The Labute approximate surface area is 120 Å². The highest BCUT2D eigenvalue weighted by Gasteiger charge is 2.40. The van der Waals surface area contributed by atoms with Crippen LogP contribution in [0.1, 0.15) is 55.2 Å². The number of rotatable bonds is 3. The smallest absolute Gasteiger partial charge is 0.235 e. The average molecular weight is 271 g/mol. The van der Waals surface area contributed by atoms with Crippen LogP contribution in [-0.4, -0.2) is 13.2 Å². The second-order valence-corrected chi connectivity index (χ2v) is 5.93. The largest absolute Gasteiger partial charge is 0.496 e. The van der Waals surface area contributed by atoms with Gasteiger partial charge in [0.1, 0.15) is 11.3 Å². The second kappa shape index (κ2) is 5.41. The lowest BCUT2D eigenvalue weighted by Gasteiger charge is -2.31. The fraction of sp³-hybridized carbons (Fsp3) is 0.588. The van der Waals surface area contributed by atoms with Crippen molar-refractivity contribution in [3.8, 4) is 5.75 Å². The van der Waals surface area contributed by atoms with Crippen molar-refractivity contribution in [3.63, 3.8) is 0 Å². The van der Waals surface area contributed by atoms with Crippen molar-refractivity contribution in [2.45, 2.75) is 56.9 Å². The highest BCUT2D eigenvalue weighted by atomic mass is 16.5. The number of hydrogen-bond donors (Lipinski definition) is 0. The van der Waals surface area contributed by atoms with Gasteiger partial charge in [-0.25, -0.2) is 4.79 Å². The van der Waals surface area contributed by atoms with Crippen LogP contribution in [-0.2, 0) is 23.2 Å². The van der Waals surface area contributed by atoms with Crippen LogP contribution in [0.3, 0.4) is 0 Å². The Morgan fingerprint density at radius 2 is 1.90 bits per heavy atom. The molecule has 1 aromatic carbocycles. The van der Waals surface area contributed by atoms with E-state index in [1.807, 2.05) is 6.08 Å². The number of nitrogens with zero attached hydrogens (tertiary/aromatic N) is 1. The van der Waals surface area contributed by atoms with Crippen LogP contribution in [0.2, 0.25) is 0 Å². The van der Waals surface area contributed by atoms with Gasteiger partial charge in [-0.1, -0.05) is 18.9 Å². The van der Waals surface area contributed by atoms with Gasteiger partial charge in [-0.2, -0.15) is 4.99 Å². The van der Waals surface area contributed by atoms with Gasteiger partial charge in [0.15, 0.2) is 0 Å². The Balaban J connectivity index is 2.22. The van der Waals surface area contributed by atoms with Gasteiger partial charge >= 0.3 is 0 Å². The van der Waals surface area contributed by atoms with Crippen LogP contribution in [0.5, 0.6) is 5.75 Å². The number of fused-ring (bicyclic) bond motifs is 1. The Hall–Kier alpha value is -1.60. The summed E-state index contributed by atoms with van der Waals surface area (Å²) >= 11 is 0. The molecule has 3 nitrogen and oxygen atoms in total. The molecule has 20 heavy (non-hydrogen) atoms. The third-order valence-corrected chi connectivity index (χ3v) is 4.87. The summed E-state index contributed by atoms with van der Waals surface area (Å²) in [6.45, 7) is 0. The van der Waals surface area contributed by atoms with Gasteiger partial charge in [-0.15, -0.1) is 0 Å². The molecule has 3 rings (SSSR count). The first-order valence-electron chi connectivity index (χ1n) is 7.59. The minimum Gasteiger partial charge on any atom is -0.496 e. The molecule has 1 saturated carbocycles. The first kappa shape index (κ1) is 13.4. The molecule has 0 radical (unpaired) electrons. The number of ether oxygens (including phenoxy) is 1. The van der Waals surface area contributed by atoms with Crippen molar-refractivity contribution < 1.29 is 9.53 Å². The lowest BCUT2D eigenvalue weighted by Crippen LogP contribution is -2.24. The molecule has 0 heterocycles. The van der Waals surface area contributed by atoms with Gasteiger partial charge in [-0.3, -0.25) is 0 Å². The van der Waals surface area contributed by atoms with Crippen molar-refractivity contribution in [3.05, 3.63) is 28.8 Å². The fourth-order valence-electron chi connectivity index (χ4n) is 3.95. The molecule has 0 saturated heterocycles. The lowest BCUT2D eigenvalue weighted by atomic mass is 9.78. The van der Waals surface area contributed by atoms with E-state index in [1.165, 1.54) is 29.5 Å². The van der Waals surface area contributed by atoms with Crippen LogP contribution in [0.25, 0.3) is 0 Å². The lowest BCUT2D eigenvalue weighted by molar-refractivity contribution is 0.375. The molecule has 0 unspecified atom stereocenters. The number of isocyanates is 1. The van der Waals surface area contributed by atoms with Crippen LogP contribution >= 0.6 is 0 Å². The molecular formula is C17H21NO2. The summed E-state index contributed by atoms with van der Waals surface area (Å²) in [7, 11) is 1.71. The summed E-state index contributed by atoms with van der Waals surface area (Å²) < 4.78 is 5.61. The Morgan fingerprint density at radius 3 is 2.60 bits per heavy atom. The molecule has 0 atom stereocenters. The van der Waals surface area contributed by atoms with E-state index >= 15 is 0 Å². The zero-order valence-corrected chi connectivity index (χ0v) is 12.1. The SMILES string of the molecule is COc1ccc2c(c1C1(N=C=O)CCCC1)CCCC2. The molecular weight excluding hydrogens is 250 g/mol. The molecule has 3 heteroatoms. The number of hydrogen-bond acceptors (Lipinski definition) is 3. The summed E-state index contributed by atoms with van der Waals surface area (Å²) in [5.74, 6) is 0.895. The standard InChI is InChI=1S/C17H21NO2/c1-20-15-9-8-13-6-2-3-7-14(13)16(15)17(18-12-19)10-4-5-11-17/h8-9H,2-7,10-11H2,1H3. The van der Waals surface area contributed by atoms with Crippen LogP contribution in [0.4, 0.5) is 0 Å². The summed E-state index contributed by atoms with van der Waals surface area (Å²) in [5, 5.41) is 0. The number of aliphatic imine (C=N–C) groups is 1. The van der Waals surface area contributed by atoms with Crippen molar-refractivity contribution in [2.75, 3.05) is 7.11 Å². The molecule has 0 bridgehead atoms. The third kappa shape index (κ3) is 2.06. The maximum atomic E-state index is 11.0.